The van der Waals surface area contributed by atoms with Crippen LogP contribution in [0.25, 0.3) is 0 Å². The number of carbonyl (C=O) groups is 1. The third-order valence-electron chi connectivity index (χ3n) is 8.36. The zero-order chi connectivity index (χ0) is 27.9. The lowest BCUT2D eigenvalue weighted by Crippen LogP contribution is -2.68. The second-order valence-electron chi connectivity index (χ2n) is 12.1. The Balaban J connectivity index is 1.36. The normalized spacial score (nSPS) is 16.8. The number of nitrogens with zero attached hydrogens (tertiary/aromatic N) is 1. The number of fused-ring (bicyclic) bond motifs is 1. The minimum atomic E-state index is -2.74. The summed E-state index contributed by atoms with van der Waals surface area (Å²) in [6, 6.07) is 29.8. The van der Waals surface area contributed by atoms with E-state index >= 15 is 0 Å². The minimum absolute atomic E-state index is 0.0579. The first-order valence-corrected chi connectivity index (χ1v) is 16.9. The van der Waals surface area contributed by atoms with Crippen molar-refractivity contribution in [3.63, 3.8) is 0 Å². The van der Waals surface area contributed by atoms with Gasteiger partial charge in [0.25, 0.3) is 0 Å². The number of hydrogen-bond acceptors (Lipinski definition) is 4. The zero-order valence-electron chi connectivity index (χ0n) is 23.4. The molecule has 6 heteroatoms. The monoisotopic (exact) mass is 569 g/mol. The van der Waals surface area contributed by atoms with Gasteiger partial charge in [-0.05, 0) is 52.4 Å². The van der Waals surface area contributed by atoms with Crippen LogP contribution in [-0.4, -0.2) is 25.5 Å². The fraction of sp³-hybridized carbons (Fsp3) is 0.324. The number of Topliss-reactive ketones (excluding diaryl/α,β-unsaturated/α-hetero) is 1. The third-order valence-corrected chi connectivity index (χ3v) is 14.6. The number of hydrogen-bond donors (Lipinski definition) is 0. The maximum atomic E-state index is 15.0. The van der Waals surface area contributed by atoms with E-state index in [0.717, 1.165) is 30.9 Å². The van der Waals surface area contributed by atoms with Crippen molar-refractivity contribution in [2.75, 3.05) is 6.54 Å². The van der Waals surface area contributed by atoms with Gasteiger partial charge >= 0.3 is 8.32 Å². The first kappa shape index (κ1) is 27.1. The first-order valence-electron chi connectivity index (χ1n) is 14.2. The Bertz CT molecular complexity index is 1450. The van der Waals surface area contributed by atoms with Crippen LogP contribution in [0.4, 0.5) is 4.39 Å². The van der Waals surface area contributed by atoms with Crippen molar-refractivity contribution < 1.29 is 13.6 Å². The second kappa shape index (κ2) is 10.7. The lowest BCUT2D eigenvalue weighted by atomic mass is 9.95. The lowest BCUT2D eigenvalue weighted by Gasteiger charge is -2.42. The molecule has 1 aliphatic heterocycles. The van der Waals surface area contributed by atoms with Crippen molar-refractivity contribution in [1.29, 1.82) is 0 Å². The number of thiophene rings is 1. The highest BCUT2D eigenvalue weighted by atomic mass is 32.1. The molecule has 1 aliphatic carbocycles. The van der Waals surface area contributed by atoms with Gasteiger partial charge in [-0.3, -0.25) is 9.69 Å². The Hall–Kier alpha value is -3.06. The molecule has 1 saturated carbocycles. The van der Waals surface area contributed by atoms with E-state index in [1.165, 1.54) is 26.9 Å². The van der Waals surface area contributed by atoms with Crippen LogP contribution in [0.5, 0.6) is 5.06 Å². The summed E-state index contributed by atoms with van der Waals surface area (Å²) >= 11 is 1.73. The van der Waals surface area contributed by atoms with Crippen LogP contribution < -0.4 is 14.8 Å². The summed E-state index contributed by atoms with van der Waals surface area (Å²) in [5.41, 5.74) is 1.69. The molecule has 1 atom stereocenters. The summed E-state index contributed by atoms with van der Waals surface area (Å²) < 4.78 is 22.3. The number of carbonyl (C=O) groups excluding carboxylic acids is 1. The van der Waals surface area contributed by atoms with Crippen molar-refractivity contribution in [2.45, 2.75) is 57.7 Å². The zero-order valence-corrected chi connectivity index (χ0v) is 25.2. The number of rotatable bonds is 8. The summed E-state index contributed by atoms with van der Waals surface area (Å²) in [5, 5.41) is 3.29. The van der Waals surface area contributed by atoms with Crippen LogP contribution >= 0.6 is 11.3 Å². The lowest BCUT2D eigenvalue weighted by molar-refractivity contribution is -0.126. The molecule has 206 valence electrons. The third kappa shape index (κ3) is 4.97. The van der Waals surface area contributed by atoms with E-state index in [1.54, 1.807) is 23.5 Å². The molecule has 6 rings (SSSR count). The van der Waals surface area contributed by atoms with Crippen molar-refractivity contribution in [3.8, 4) is 5.06 Å². The maximum absolute atomic E-state index is 15.0. The van der Waals surface area contributed by atoms with Gasteiger partial charge in [0, 0.05) is 29.4 Å². The molecule has 1 aromatic heterocycles. The molecular formula is C34H36FNO2SSi. The number of halogens is 1. The average Bonchev–Trinajstić information content (AvgIpc) is 3.73. The van der Waals surface area contributed by atoms with Gasteiger partial charge in [-0.1, -0.05) is 99.6 Å². The average molecular weight is 570 g/mol. The van der Waals surface area contributed by atoms with E-state index in [2.05, 4.69) is 92.4 Å². The molecule has 0 amide bonds. The second-order valence-corrected chi connectivity index (χ2v) is 17.4. The van der Waals surface area contributed by atoms with Gasteiger partial charge in [0.2, 0.25) is 0 Å². The Morgan fingerprint density at radius 2 is 1.55 bits per heavy atom. The van der Waals surface area contributed by atoms with Gasteiger partial charge in [-0.2, -0.15) is 0 Å². The van der Waals surface area contributed by atoms with Crippen LogP contribution in [0, 0.1) is 11.7 Å². The molecule has 3 aromatic carbocycles. The number of benzene rings is 3. The van der Waals surface area contributed by atoms with Crippen LogP contribution in [-0.2, 0) is 17.8 Å². The fourth-order valence-electron chi connectivity index (χ4n) is 6.22. The molecular weight excluding hydrogens is 534 g/mol. The van der Waals surface area contributed by atoms with E-state index in [4.69, 9.17) is 4.43 Å². The quantitative estimate of drug-likeness (QED) is 0.216. The molecule has 0 spiro atoms. The summed E-state index contributed by atoms with van der Waals surface area (Å²) in [7, 11) is -2.74. The molecule has 1 unspecified atom stereocenters. The molecule has 0 saturated heterocycles. The first-order chi connectivity index (χ1) is 19.3. The molecule has 0 N–H and O–H groups in total. The molecule has 3 nitrogen and oxygen atoms in total. The van der Waals surface area contributed by atoms with Crippen molar-refractivity contribution in [3.05, 3.63) is 113 Å². The smallest absolute Gasteiger partial charge is 0.321 e. The largest absolute Gasteiger partial charge is 0.527 e. The van der Waals surface area contributed by atoms with Crippen molar-refractivity contribution in [2.24, 2.45) is 5.92 Å². The predicted octanol–water partition coefficient (Wildman–Crippen LogP) is 6.90. The fourth-order valence-corrected chi connectivity index (χ4v) is 11.9. The molecule has 40 heavy (non-hydrogen) atoms. The topological polar surface area (TPSA) is 29.5 Å². The van der Waals surface area contributed by atoms with Crippen LogP contribution in [0.2, 0.25) is 5.04 Å². The highest BCUT2D eigenvalue weighted by Crippen LogP contribution is 2.44. The number of ketones is 1. The molecule has 1 fully saturated rings. The summed E-state index contributed by atoms with van der Waals surface area (Å²) in [6.07, 6.45) is 2.66. The van der Waals surface area contributed by atoms with E-state index in [0.29, 0.717) is 12.1 Å². The van der Waals surface area contributed by atoms with Gasteiger partial charge in [0.1, 0.15) is 5.82 Å². The Morgan fingerprint density at radius 3 is 2.12 bits per heavy atom. The van der Waals surface area contributed by atoms with E-state index < -0.39 is 14.4 Å². The summed E-state index contributed by atoms with van der Waals surface area (Å²) in [4.78, 5) is 16.9. The van der Waals surface area contributed by atoms with Gasteiger partial charge < -0.3 is 4.43 Å². The summed E-state index contributed by atoms with van der Waals surface area (Å²) in [5.74, 6) is -0.0802. The van der Waals surface area contributed by atoms with Crippen LogP contribution in [0.1, 0.15) is 55.7 Å². The molecule has 4 aromatic rings. The highest BCUT2D eigenvalue weighted by Gasteiger charge is 2.52. The maximum Gasteiger partial charge on any atom is 0.321 e. The van der Waals surface area contributed by atoms with Gasteiger partial charge in [-0.25, -0.2) is 4.39 Å². The van der Waals surface area contributed by atoms with Crippen LogP contribution in [0.3, 0.4) is 0 Å². The molecule has 2 heterocycles. The Labute approximate surface area is 241 Å². The molecule has 0 radical (unpaired) electrons. The van der Waals surface area contributed by atoms with Gasteiger partial charge in [0.05, 0.1) is 6.04 Å². The molecule has 0 bridgehead atoms. The van der Waals surface area contributed by atoms with E-state index in [9.17, 15) is 9.18 Å². The van der Waals surface area contributed by atoms with Crippen molar-refractivity contribution >= 4 is 35.8 Å². The Kier molecular flexibility index (Phi) is 7.28. The van der Waals surface area contributed by atoms with Gasteiger partial charge in [0.15, 0.2) is 10.8 Å². The van der Waals surface area contributed by atoms with E-state index in [1.807, 2.05) is 6.07 Å². The SMILES string of the molecule is CC(C)(C)[Si](Oc1cc2c(s1)CCN(C(C(=O)C1CC1)c1ccccc1F)C2)(c1ccccc1)c1ccccc1. The highest BCUT2D eigenvalue weighted by molar-refractivity contribution is 7.15. The summed E-state index contributed by atoms with van der Waals surface area (Å²) in [6.45, 7) is 8.21. The molecule has 2 aliphatic rings. The van der Waals surface area contributed by atoms with Crippen LogP contribution in [0.15, 0.2) is 91.0 Å². The predicted molar refractivity (Wildman–Crippen MR) is 164 cm³/mol. The van der Waals surface area contributed by atoms with Crippen molar-refractivity contribution in [1.82, 2.24) is 4.90 Å². The Morgan fingerprint density at radius 1 is 0.950 bits per heavy atom. The van der Waals surface area contributed by atoms with Gasteiger partial charge in [-0.15, -0.1) is 11.3 Å². The standard InChI is InChI=1S/C34H36FNO2SSi/c1-34(2,3)40(26-12-6-4-7-13-26,27-14-8-5-9-15-27)38-31-22-25-23-36(21-20-30(25)39-31)32(33(37)24-18-19-24)28-16-10-11-17-29(28)35/h4-17,22,24,32H,18-21,23H2,1-3H3. The van der Waals surface area contributed by atoms with E-state index in [-0.39, 0.29) is 22.6 Å². The minimum Gasteiger partial charge on any atom is -0.527 e.